The molecule has 1 atom stereocenters. The van der Waals surface area contributed by atoms with E-state index in [0.717, 1.165) is 12.8 Å². The second-order valence-electron chi connectivity index (χ2n) is 5.08. The molecule has 0 saturated heterocycles. The van der Waals surface area contributed by atoms with E-state index in [1.807, 2.05) is 13.8 Å². The smallest absolute Gasteiger partial charge is 0.329 e. The number of ether oxygens (including phenoxy) is 1. The molecular formula is C14H28N2O4. The van der Waals surface area contributed by atoms with Crippen LogP contribution in [0.15, 0.2) is 0 Å². The lowest BCUT2D eigenvalue weighted by molar-refractivity contribution is -0.143. The molecule has 0 spiro atoms. The Morgan fingerprint density at radius 1 is 1.30 bits per heavy atom. The predicted octanol–water partition coefficient (Wildman–Crippen LogP) is 2.09. The van der Waals surface area contributed by atoms with Crippen LogP contribution in [-0.4, -0.2) is 53.8 Å². The van der Waals surface area contributed by atoms with Crippen LogP contribution in [-0.2, 0) is 9.53 Å². The molecule has 6 nitrogen and oxygen atoms in total. The van der Waals surface area contributed by atoms with Crippen molar-refractivity contribution in [2.24, 2.45) is 0 Å². The van der Waals surface area contributed by atoms with Crippen LogP contribution in [0.4, 0.5) is 4.79 Å². The van der Waals surface area contributed by atoms with Crippen LogP contribution in [0.1, 0.15) is 47.0 Å². The Labute approximate surface area is 121 Å². The number of carbonyl (C=O) groups excluding carboxylic acids is 1. The maximum atomic E-state index is 12.4. The molecule has 0 aromatic rings. The van der Waals surface area contributed by atoms with Gasteiger partial charge >= 0.3 is 12.0 Å². The molecule has 0 saturated carbocycles. The second kappa shape index (κ2) is 8.79. The number of hydrogen-bond acceptors (Lipinski definition) is 3. The minimum atomic E-state index is -1.24. The molecule has 2 amide bonds. The average Bonchev–Trinajstić information content (AvgIpc) is 2.42. The van der Waals surface area contributed by atoms with Crippen molar-refractivity contribution in [2.75, 3.05) is 20.3 Å². The van der Waals surface area contributed by atoms with Gasteiger partial charge in [0.1, 0.15) is 5.54 Å². The van der Waals surface area contributed by atoms with Crippen LogP contribution in [0.2, 0.25) is 0 Å². The summed E-state index contributed by atoms with van der Waals surface area (Å²) in [5, 5.41) is 11.9. The molecule has 0 rings (SSSR count). The topological polar surface area (TPSA) is 78.9 Å². The first-order chi connectivity index (χ1) is 9.36. The summed E-state index contributed by atoms with van der Waals surface area (Å²) in [6, 6.07) is -0.262. The van der Waals surface area contributed by atoms with Crippen molar-refractivity contribution in [3.05, 3.63) is 0 Å². The number of amides is 2. The van der Waals surface area contributed by atoms with Gasteiger partial charge in [-0.25, -0.2) is 9.59 Å². The Morgan fingerprint density at radius 3 is 2.20 bits per heavy atom. The molecule has 0 heterocycles. The first-order valence-corrected chi connectivity index (χ1v) is 7.17. The summed E-state index contributed by atoms with van der Waals surface area (Å²) >= 11 is 0. The molecular weight excluding hydrogens is 260 g/mol. The highest BCUT2D eigenvalue weighted by molar-refractivity contribution is 5.86. The maximum absolute atomic E-state index is 12.4. The maximum Gasteiger partial charge on any atom is 0.329 e. The summed E-state index contributed by atoms with van der Waals surface area (Å²) < 4.78 is 5.03. The fourth-order valence-electron chi connectivity index (χ4n) is 1.97. The Morgan fingerprint density at radius 2 is 1.85 bits per heavy atom. The van der Waals surface area contributed by atoms with E-state index in [4.69, 9.17) is 4.74 Å². The third-order valence-corrected chi connectivity index (χ3v) is 3.74. The van der Waals surface area contributed by atoms with E-state index in [1.165, 1.54) is 6.92 Å². The van der Waals surface area contributed by atoms with E-state index < -0.39 is 11.5 Å². The van der Waals surface area contributed by atoms with Crippen LogP contribution < -0.4 is 5.32 Å². The highest BCUT2D eigenvalue weighted by Crippen LogP contribution is 2.14. The standard InChI is InChI=1S/C14H28N2O4/c1-6-11(7-2)16(9-10-20-5)13(19)15-14(4,8-3)12(17)18/h11H,6-10H2,1-5H3,(H,15,19)(H,17,18). The fourth-order valence-corrected chi connectivity index (χ4v) is 1.97. The number of methoxy groups -OCH3 is 1. The van der Waals surface area contributed by atoms with Gasteiger partial charge in [0.05, 0.1) is 6.61 Å². The Kier molecular flexibility index (Phi) is 8.22. The van der Waals surface area contributed by atoms with E-state index in [-0.39, 0.29) is 12.1 Å². The summed E-state index contributed by atoms with van der Waals surface area (Å²) in [6.45, 7) is 8.17. The molecule has 20 heavy (non-hydrogen) atoms. The summed E-state index contributed by atoms with van der Waals surface area (Å²) in [5.41, 5.74) is -1.24. The zero-order valence-corrected chi connectivity index (χ0v) is 13.2. The summed E-state index contributed by atoms with van der Waals surface area (Å²) in [4.78, 5) is 25.3. The zero-order valence-electron chi connectivity index (χ0n) is 13.2. The van der Waals surface area contributed by atoms with Crippen molar-refractivity contribution in [1.29, 1.82) is 0 Å². The number of nitrogens with zero attached hydrogens (tertiary/aromatic N) is 1. The van der Waals surface area contributed by atoms with Gasteiger partial charge in [-0.1, -0.05) is 20.8 Å². The van der Waals surface area contributed by atoms with Crippen LogP contribution in [0.5, 0.6) is 0 Å². The number of urea groups is 1. The number of carboxylic acids is 1. The van der Waals surface area contributed by atoms with Gasteiger partial charge < -0.3 is 20.1 Å². The predicted molar refractivity (Wildman–Crippen MR) is 77.8 cm³/mol. The summed E-state index contributed by atoms with van der Waals surface area (Å²) in [7, 11) is 1.58. The van der Waals surface area contributed by atoms with Gasteiger partial charge in [0.15, 0.2) is 0 Å². The largest absolute Gasteiger partial charge is 0.480 e. The van der Waals surface area contributed by atoms with E-state index >= 15 is 0 Å². The van der Waals surface area contributed by atoms with Crippen molar-refractivity contribution in [3.8, 4) is 0 Å². The lowest BCUT2D eigenvalue weighted by Gasteiger charge is -2.34. The quantitative estimate of drug-likeness (QED) is 0.681. The number of aliphatic carboxylic acids is 1. The lowest BCUT2D eigenvalue weighted by atomic mass is 9.99. The zero-order chi connectivity index (χ0) is 15.8. The molecule has 1 unspecified atom stereocenters. The normalized spacial score (nSPS) is 13.9. The molecule has 118 valence electrons. The van der Waals surface area contributed by atoms with E-state index in [1.54, 1.807) is 18.9 Å². The monoisotopic (exact) mass is 288 g/mol. The van der Waals surface area contributed by atoms with Crippen LogP contribution in [0.3, 0.4) is 0 Å². The van der Waals surface area contributed by atoms with Crippen molar-refractivity contribution in [2.45, 2.75) is 58.5 Å². The van der Waals surface area contributed by atoms with Gasteiger partial charge in [-0.05, 0) is 26.2 Å². The number of rotatable bonds is 9. The van der Waals surface area contributed by atoms with Gasteiger partial charge in [0, 0.05) is 19.7 Å². The highest BCUT2D eigenvalue weighted by Gasteiger charge is 2.35. The molecule has 2 N–H and O–H groups in total. The number of nitrogens with one attached hydrogen (secondary N) is 1. The van der Waals surface area contributed by atoms with Crippen molar-refractivity contribution in [3.63, 3.8) is 0 Å². The van der Waals surface area contributed by atoms with Gasteiger partial charge in [0.25, 0.3) is 0 Å². The summed E-state index contributed by atoms with van der Waals surface area (Å²) in [6.07, 6.45) is 1.97. The van der Waals surface area contributed by atoms with E-state index in [0.29, 0.717) is 19.6 Å². The van der Waals surface area contributed by atoms with E-state index in [2.05, 4.69) is 5.32 Å². The number of carbonyl (C=O) groups is 2. The lowest BCUT2D eigenvalue weighted by Crippen LogP contribution is -2.58. The van der Waals surface area contributed by atoms with Crippen molar-refractivity contribution in [1.82, 2.24) is 10.2 Å². The molecule has 0 radical (unpaired) electrons. The third-order valence-electron chi connectivity index (χ3n) is 3.74. The van der Waals surface area contributed by atoms with Crippen molar-refractivity contribution >= 4 is 12.0 Å². The molecule has 0 aromatic carbocycles. The first kappa shape index (κ1) is 18.7. The first-order valence-electron chi connectivity index (χ1n) is 7.17. The van der Waals surface area contributed by atoms with Crippen LogP contribution >= 0.6 is 0 Å². The second-order valence-corrected chi connectivity index (χ2v) is 5.08. The molecule has 0 aliphatic heterocycles. The minimum Gasteiger partial charge on any atom is -0.480 e. The minimum absolute atomic E-state index is 0.0834. The molecule has 0 bridgehead atoms. The van der Waals surface area contributed by atoms with Gasteiger partial charge in [0.2, 0.25) is 0 Å². The summed E-state index contributed by atoms with van der Waals surface area (Å²) in [5.74, 6) is -1.02. The Balaban J connectivity index is 4.98. The highest BCUT2D eigenvalue weighted by atomic mass is 16.5. The Hall–Kier alpha value is -1.30. The molecule has 0 aromatic heterocycles. The van der Waals surface area contributed by atoms with Gasteiger partial charge in [-0.15, -0.1) is 0 Å². The third kappa shape index (κ3) is 5.00. The SMILES string of the molecule is CCC(CC)N(CCOC)C(=O)NC(C)(CC)C(=O)O. The van der Waals surface area contributed by atoms with Crippen LogP contribution in [0, 0.1) is 0 Å². The van der Waals surface area contributed by atoms with Crippen molar-refractivity contribution < 1.29 is 19.4 Å². The number of carboxylic acid groups (broad SMARTS) is 1. The van der Waals surface area contributed by atoms with E-state index in [9.17, 15) is 14.7 Å². The molecule has 0 aliphatic rings. The molecule has 0 fully saturated rings. The molecule has 6 heteroatoms. The average molecular weight is 288 g/mol. The fraction of sp³-hybridized carbons (Fsp3) is 0.857. The van der Waals surface area contributed by atoms with Gasteiger partial charge in [-0.2, -0.15) is 0 Å². The number of hydrogen-bond donors (Lipinski definition) is 2. The Bertz CT molecular complexity index is 318. The van der Waals surface area contributed by atoms with Crippen LogP contribution in [0.25, 0.3) is 0 Å². The van der Waals surface area contributed by atoms with Gasteiger partial charge in [-0.3, -0.25) is 0 Å². The molecule has 0 aliphatic carbocycles.